The first-order chi connectivity index (χ1) is 12.2. The van der Waals surface area contributed by atoms with Gasteiger partial charge in [0.15, 0.2) is 0 Å². The summed E-state index contributed by atoms with van der Waals surface area (Å²) < 4.78 is 0. The third kappa shape index (κ3) is 4.46. The Kier molecular flexibility index (Phi) is 5.72. The fraction of sp³-hybridized carbons (Fsp3) is 0.500. The molecule has 1 aliphatic heterocycles. The maximum atomic E-state index is 4.46. The summed E-state index contributed by atoms with van der Waals surface area (Å²) in [7, 11) is 0. The van der Waals surface area contributed by atoms with Gasteiger partial charge in [-0.05, 0) is 59.1 Å². The van der Waals surface area contributed by atoms with Gasteiger partial charge in [-0.15, -0.1) is 12.6 Å². The van der Waals surface area contributed by atoms with Gasteiger partial charge in [0.25, 0.3) is 0 Å². The highest BCUT2D eigenvalue weighted by Gasteiger charge is 2.34. The lowest BCUT2D eigenvalue weighted by Crippen LogP contribution is -2.33. The Morgan fingerprint density at radius 1 is 1.00 bits per heavy atom. The molecule has 0 amide bonds. The standard InChI is InChI=1S/C24H33NS/c1-17(2)19-6-10-21(11-7-19)25-15-23(18(3)14-24(4,5)16-25)20-8-12-22(26)13-9-20/h6-13,17-18,23,26H,14-16H2,1-5H3. The van der Waals surface area contributed by atoms with Crippen molar-refractivity contribution in [2.45, 2.75) is 57.8 Å². The average Bonchev–Trinajstić information content (AvgIpc) is 2.70. The highest BCUT2D eigenvalue weighted by atomic mass is 32.1. The Bertz CT molecular complexity index is 715. The second kappa shape index (κ2) is 7.68. The van der Waals surface area contributed by atoms with Gasteiger partial charge in [-0.25, -0.2) is 0 Å². The van der Waals surface area contributed by atoms with Gasteiger partial charge in [0.2, 0.25) is 0 Å². The number of rotatable bonds is 3. The topological polar surface area (TPSA) is 3.24 Å². The number of thiol groups is 1. The highest BCUT2D eigenvalue weighted by Crippen LogP contribution is 2.40. The van der Waals surface area contributed by atoms with E-state index in [4.69, 9.17) is 0 Å². The van der Waals surface area contributed by atoms with Crippen LogP contribution in [-0.2, 0) is 0 Å². The van der Waals surface area contributed by atoms with Crippen molar-refractivity contribution in [2.24, 2.45) is 11.3 Å². The molecule has 2 aromatic carbocycles. The van der Waals surface area contributed by atoms with Crippen molar-refractivity contribution in [1.82, 2.24) is 0 Å². The van der Waals surface area contributed by atoms with Crippen LogP contribution < -0.4 is 4.90 Å². The van der Waals surface area contributed by atoms with Crippen LogP contribution in [0.3, 0.4) is 0 Å². The normalized spacial score (nSPS) is 23.1. The van der Waals surface area contributed by atoms with Crippen LogP contribution in [-0.4, -0.2) is 13.1 Å². The number of hydrogen-bond donors (Lipinski definition) is 1. The maximum Gasteiger partial charge on any atom is 0.0366 e. The summed E-state index contributed by atoms with van der Waals surface area (Å²) in [5.41, 5.74) is 4.52. The van der Waals surface area contributed by atoms with Gasteiger partial charge in [-0.1, -0.05) is 58.9 Å². The number of benzene rings is 2. The summed E-state index contributed by atoms with van der Waals surface area (Å²) in [5, 5.41) is 0. The number of hydrogen-bond acceptors (Lipinski definition) is 2. The number of anilines is 1. The summed E-state index contributed by atoms with van der Waals surface area (Å²) in [6.07, 6.45) is 1.25. The van der Waals surface area contributed by atoms with E-state index in [0.29, 0.717) is 23.2 Å². The van der Waals surface area contributed by atoms with E-state index in [1.54, 1.807) is 0 Å². The van der Waals surface area contributed by atoms with Crippen molar-refractivity contribution in [3.8, 4) is 0 Å². The van der Waals surface area contributed by atoms with E-state index in [0.717, 1.165) is 18.0 Å². The SMILES string of the molecule is CC(C)c1ccc(N2CC(c3ccc(S)cc3)C(C)CC(C)(C)C2)cc1. The van der Waals surface area contributed by atoms with Crippen molar-refractivity contribution in [3.63, 3.8) is 0 Å². The quantitative estimate of drug-likeness (QED) is 0.587. The predicted octanol–water partition coefficient (Wildman–Crippen LogP) is 6.75. The molecule has 0 N–H and O–H groups in total. The van der Waals surface area contributed by atoms with Gasteiger partial charge in [0.1, 0.15) is 0 Å². The van der Waals surface area contributed by atoms with E-state index in [1.165, 1.54) is 23.2 Å². The van der Waals surface area contributed by atoms with Crippen LogP contribution in [0.25, 0.3) is 0 Å². The van der Waals surface area contributed by atoms with E-state index < -0.39 is 0 Å². The second-order valence-electron chi connectivity index (χ2n) is 9.17. The molecule has 0 aliphatic carbocycles. The summed E-state index contributed by atoms with van der Waals surface area (Å²) in [6.45, 7) is 14.0. The lowest BCUT2D eigenvalue weighted by atomic mass is 9.78. The maximum absolute atomic E-state index is 4.46. The van der Waals surface area contributed by atoms with E-state index in [1.807, 2.05) is 0 Å². The molecule has 3 rings (SSSR count). The van der Waals surface area contributed by atoms with Crippen molar-refractivity contribution in [2.75, 3.05) is 18.0 Å². The first-order valence-corrected chi connectivity index (χ1v) is 10.3. The van der Waals surface area contributed by atoms with Crippen molar-refractivity contribution in [3.05, 3.63) is 59.7 Å². The summed E-state index contributed by atoms with van der Waals surface area (Å²) in [5.74, 6) is 1.79. The zero-order valence-electron chi connectivity index (χ0n) is 16.9. The zero-order chi connectivity index (χ0) is 18.9. The Morgan fingerprint density at radius 2 is 1.62 bits per heavy atom. The van der Waals surface area contributed by atoms with E-state index in [-0.39, 0.29) is 0 Å². The molecule has 1 aliphatic rings. The van der Waals surface area contributed by atoms with Gasteiger partial charge < -0.3 is 4.90 Å². The lowest BCUT2D eigenvalue weighted by molar-refractivity contribution is 0.290. The average molecular weight is 368 g/mol. The molecule has 140 valence electrons. The lowest BCUT2D eigenvalue weighted by Gasteiger charge is -2.32. The zero-order valence-corrected chi connectivity index (χ0v) is 17.8. The Balaban J connectivity index is 1.91. The van der Waals surface area contributed by atoms with Crippen LogP contribution in [0.4, 0.5) is 5.69 Å². The fourth-order valence-corrected chi connectivity index (χ4v) is 4.65. The first kappa shape index (κ1) is 19.4. The van der Waals surface area contributed by atoms with Crippen LogP contribution in [0.2, 0.25) is 0 Å². The van der Waals surface area contributed by atoms with Gasteiger partial charge in [0.05, 0.1) is 0 Å². The minimum atomic E-state index is 0.314. The molecule has 26 heavy (non-hydrogen) atoms. The molecule has 1 fully saturated rings. The molecule has 1 heterocycles. The van der Waals surface area contributed by atoms with Gasteiger partial charge in [-0.3, -0.25) is 0 Å². The number of nitrogens with zero attached hydrogens (tertiary/aromatic N) is 1. The molecule has 0 aromatic heterocycles. The van der Waals surface area contributed by atoms with Crippen molar-refractivity contribution in [1.29, 1.82) is 0 Å². The van der Waals surface area contributed by atoms with Crippen molar-refractivity contribution >= 4 is 18.3 Å². The highest BCUT2D eigenvalue weighted by molar-refractivity contribution is 7.80. The monoisotopic (exact) mass is 367 g/mol. The second-order valence-corrected chi connectivity index (χ2v) is 9.69. The molecule has 0 saturated carbocycles. The fourth-order valence-electron chi connectivity index (χ4n) is 4.50. The third-order valence-electron chi connectivity index (χ3n) is 5.84. The minimum absolute atomic E-state index is 0.314. The Labute approximate surface area is 165 Å². The van der Waals surface area contributed by atoms with Crippen LogP contribution >= 0.6 is 12.6 Å². The predicted molar refractivity (Wildman–Crippen MR) is 117 cm³/mol. The summed E-state index contributed by atoms with van der Waals surface area (Å²) in [6, 6.07) is 18.0. The molecule has 0 radical (unpaired) electrons. The third-order valence-corrected chi connectivity index (χ3v) is 6.14. The van der Waals surface area contributed by atoms with Gasteiger partial charge in [-0.2, -0.15) is 0 Å². The molecule has 2 heteroatoms. The van der Waals surface area contributed by atoms with E-state index in [9.17, 15) is 0 Å². The molecule has 2 atom stereocenters. The molecule has 1 nitrogen and oxygen atoms in total. The summed E-state index contributed by atoms with van der Waals surface area (Å²) in [4.78, 5) is 3.64. The van der Waals surface area contributed by atoms with Crippen LogP contribution in [0.1, 0.15) is 64.0 Å². The molecular formula is C24H33NS. The molecule has 2 unspecified atom stereocenters. The van der Waals surface area contributed by atoms with E-state index in [2.05, 4.69) is 101 Å². The van der Waals surface area contributed by atoms with Crippen LogP contribution in [0.15, 0.2) is 53.4 Å². The molecular weight excluding hydrogens is 334 g/mol. The Morgan fingerprint density at radius 3 is 2.19 bits per heavy atom. The largest absolute Gasteiger partial charge is 0.370 e. The molecule has 0 bridgehead atoms. The van der Waals surface area contributed by atoms with Crippen LogP contribution in [0, 0.1) is 11.3 Å². The molecule has 0 spiro atoms. The van der Waals surface area contributed by atoms with Gasteiger partial charge >= 0.3 is 0 Å². The van der Waals surface area contributed by atoms with Crippen molar-refractivity contribution < 1.29 is 0 Å². The smallest absolute Gasteiger partial charge is 0.0366 e. The summed E-state index contributed by atoms with van der Waals surface area (Å²) >= 11 is 4.46. The minimum Gasteiger partial charge on any atom is -0.370 e. The molecule has 2 aromatic rings. The Hall–Kier alpha value is -1.41. The van der Waals surface area contributed by atoms with E-state index >= 15 is 0 Å². The van der Waals surface area contributed by atoms with Gasteiger partial charge in [0, 0.05) is 29.6 Å². The van der Waals surface area contributed by atoms with Crippen LogP contribution in [0.5, 0.6) is 0 Å². The first-order valence-electron chi connectivity index (χ1n) is 9.89. The molecule has 1 saturated heterocycles.